The third kappa shape index (κ3) is 5.95. The number of amides is 1. The topological polar surface area (TPSA) is 66.4 Å². The highest BCUT2D eigenvalue weighted by Crippen LogP contribution is 2.16. The summed E-state index contributed by atoms with van der Waals surface area (Å²) in [5.41, 5.74) is 0.548. The van der Waals surface area contributed by atoms with Crippen molar-refractivity contribution in [3.05, 3.63) is 40.7 Å². The van der Waals surface area contributed by atoms with Gasteiger partial charge < -0.3 is 10.4 Å². The van der Waals surface area contributed by atoms with Gasteiger partial charge in [0.25, 0.3) is 0 Å². The molecule has 114 valence electrons. The molecule has 1 aromatic rings. The number of benzene rings is 1. The summed E-state index contributed by atoms with van der Waals surface area (Å²) >= 11 is 5.63. The fraction of sp³-hybridized carbons (Fsp3) is 0.333. The molecule has 0 bridgehead atoms. The number of aliphatic carboxylic acids is 1. The predicted octanol–water partition coefficient (Wildman–Crippen LogP) is 3.11. The highest BCUT2D eigenvalue weighted by Gasteiger charge is 2.19. The van der Waals surface area contributed by atoms with Crippen LogP contribution in [0.4, 0.5) is 4.39 Å². The molecule has 0 aliphatic carbocycles. The molecule has 0 saturated heterocycles. The number of hydrogen-bond donors (Lipinski definition) is 2. The normalized spacial score (nSPS) is 12.6. The Labute approximate surface area is 127 Å². The SMILES string of the molecule is CC(C)CC(NC(=O)/C=C/c1ccc(F)c(Cl)c1)C(=O)O. The van der Waals surface area contributed by atoms with Crippen LogP contribution in [0.5, 0.6) is 0 Å². The number of hydrogen-bond acceptors (Lipinski definition) is 2. The molecular weight excluding hydrogens is 297 g/mol. The molecule has 0 fully saturated rings. The standard InChI is InChI=1S/C15H17ClFNO3/c1-9(2)7-13(15(20)21)18-14(19)6-4-10-3-5-12(17)11(16)8-10/h3-6,8-9,13H,7H2,1-2H3,(H,18,19)(H,20,21)/b6-4+. The van der Waals surface area contributed by atoms with E-state index in [1.54, 1.807) is 0 Å². The number of nitrogens with one attached hydrogen (secondary N) is 1. The largest absolute Gasteiger partial charge is 0.480 e. The van der Waals surface area contributed by atoms with E-state index in [0.717, 1.165) is 0 Å². The molecule has 0 saturated carbocycles. The lowest BCUT2D eigenvalue weighted by Crippen LogP contribution is -2.40. The Kier molecular flexibility index (Phi) is 6.37. The molecule has 1 atom stereocenters. The third-order valence-electron chi connectivity index (χ3n) is 2.69. The summed E-state index contributed by atoms with van der Waals surface area (Å²) in [7, 11) is 0. The molecule has 6 heteroatoms. The van der Waals surface area contributed by atoms with Crippen LogP contribution in [0, 0.1) is 11.7 Å². The zero-order chi connectivity index (χ0) is 16.0. The van der Waals surface area contributed by atoms with Gasteiger partial charge in [0.05, 0.1) is 5.02 Å². The summed E-state index contributed by atoms with van der Waals surface area (Å²) in [6.45, 7) is 3.75. The van der Waals surface area contributed by atoms with E-state index in [0.29, 0.717) is 12.0 Å². The van der Waals surface area contributed by atoms with E-state index < -0.39 is 23.7 Å². The van der Waals surface area contributed by atoms with Gasteiger partial charge in [0, 0.05) is 6.08 Å². The van der Waals surface area contributed by atoms with E-state index in [2.05, 4.69) is 5.32 Å². The Bertz CT molecular complexity index is 558. The Morgan fingerprint density at radius 3 is 2.62 bits per heavy atom. The van der Waals surface area contributed by atoms with Crippen LogP contribution in [-0.2, 0) is 9.59 Å². The zero-order valence-corrected chi connectivity index (χ0v) is 12.5. The molecule has 0 radical (unpaired) electrons. The van der Waals surface area contributed by atoms with Gasteiger partial charge in [0.15, 0.2) is 0 Å². The van der Waals surface area contributed by atoms with Crippen molar-refractivity contribution in [3.63, 3.8) is 0 Å². The van der Waals surface area contributed by atoms with Crippen LogP contribution in [0.15, 0.2) is 24.3 Å². The fourth-order valence-electron chi connectivity index (χ4n) is 1.70. The predicted molar refractivity (Wildman–Crippen MR) is 79.5 cm³/mol. The highest BCUT2D eigenvalue weighted by molar-refractivity contribution is 6.30. The lowest BCUT2D eigenvalue weighted by Gasteiger charge is -2.15. The molecule has 1 rings (SSSR count). The second kappa shape index (κ2) is 7.78. The van der Waals surface area contributed by atoms with E-state index in [-0.39, 0.29) is 10.9 Å². The molecule has 1 unspecified atom stereocenters. The van der Waals surface area contributed by atoms with Gasteiger partial charge in [-0.3, -0.25) is 4.79 Å². The summed E-state index contributed by atoms with van der Waals surface area (Å²) in [6.07, 6.45) is 2.98. The van der Waals surface area contributed by atoms with Crippen LogP contribution >= 0.6 is 11.6 Å². The van der Waals surface area contributed by atoms with Gasteiger partial charge in [0.2, 0.25) is 5.91 Å². The molecule has 1 amide bonds. The van der Waals surface area contributed by atoms with E-state index >= 15 is 0 Å². The van der Waals surface area contributed by atoms with Gasteiger partial charge in [-0.05, 0) is 36.1 Å². The molecular formula is C15H17ClFNO3. The monoisotopic (exact) mass is 313 g/mol. The molecule has 0 aliphatic rings. The van der Waals surface area contributed by atoms with Crippen LogP contribution in [0.3, 0.4) is 0 Å². The molecule has 21 heavy (non-hydrogen) atoms. The lowest BCUT2D eigenvalue weighted by atomic mass is 10.0. The quantitative estimate of drug-likeness (QED) is 0.793. The maximum absolute atomic E-state index is 13.0. The van der Waals surface area contributed by atoms with Crippen LogP contribution in [-0.4, -0.2) is 23.0 Å². The maximum Gasteiger partial charge on any atom is 0.326 e. The average molecular weight is 314 g/mol. The molecule has 2 N–H and O–H groups in total. The number of carbonyl (C=O) groups excluding carboxylic acids is 1. The van der Waals surface area contributed by atoms with Crippen LogP contribution in [0.1, 0.15) is 25.8 Å². The van der Waals surface area contributed by atoms with Crippen molar-refractivity contribution < 1.29 is 19.1 Å². The van der Waals surface area contributed by atoms with Crippen molar-refractivity contribution >= 4 is 29.6 Å². The van der Waals surface area contributed by atoms with Gasteiger partial charge in [-0.2, -0.15) is 0 Å². The van der Waals surface area contributed by atoms with Crippen molar-refractivity contribution in [2.75, 3.05) is 0 Å². The molecule has 0 spiro atoms. The number of carboxylic acids is 1. The van der Waals surface area contributed by atoms with Crippen LogP contribution < -0.4 is 5.32 Å². The minimum Gasteiger partial charge on any atom is -0.480 e. The van der Waals surface area contributed by atoms with Crippen molar-refractivity contribution in [1.29, 1.82) is 0 Å². The minimum absolute atomic E-state index is 0.0409. The lowest BCUT2D eigenvalue weighted by molar-refractivity contribution is -0.141. The van der Waals surface area contributed by atoms with Gasteiger partial charge in [-0.25, -0.2) is 9.18 Å². The molecule has 1 aromatic carbocycles. The first-order chi connectivity index (χ1) is 9.79. The Morgan fingerprint density at radius 1 is 1.43 bits per heavy atom. The van der Waals surface area contributed by atoms with Gasteiger partial charge in [-0.15, -0.1) is 0 Å². The summed E-state index contributed by atoms with van der Waals surface area (Å²) in [6, 6.07) is 3.11. The summed E-state index contributed by atoms with van der Waals surface area (Å²) < 4.78 is 13.0. The van der Waals surface area contributed by atoms with E-state index in [9.17, 15) is 14.0 Å². The highest BCUT2D eigenvalue weighted by atomic mass is 35.5. The van der Waals surface area contributed by atoms with E-state index in [1.807, 2.05) is 13.8 Å². The Hall–Kier alpha value is -1.88. The Balaban J connectivity index is 2.68. The van der Waals surface area contributed by atoms with Crippen molar-refractivity contribution in [2.24, 2.45) is 5.92 Å². The zero-order valence-electron chi connectivity index (χ0n) is 11.8. The Morgan fingerprint density at radius 2 is 2.10 bits per heavy atom. The second-order valence-electron chi connectivity index (χ2n) is 5.04. The third-order valence-corrected chi connectivity index (χ3v) is 2.98. The number of carbonyl (C=O) groups is 2. The van der Waals surface area contributed by atoms with E-state index in [1.165, 1.54) is 30.4 Å². The number of carboxylic acid groups (broad SMARTS) is 1. The average Bonchev–Trinajstić information content (AvgIpc) is 2.38. The smallest absolute Gasteiger partial charge is 0.326 e. The molecule has 0 aromatic heterocycles. The molecule has 0 aliphatic heterocycles. The van der Waals surface area contributed by atoms with Gasteiger partial charge in [-0.1, -0.05) is 31.5 Å². The number of halogens is 2. The summed E-state index contributed by atoms with van der Waals surface area (Å²) in [4.78, 5) is 22.7. The first kappa shape index (κ1) is 17.2. The number of rotatable bonds is 6. The molecule has 4 nitrogen and oxygen atoms in total. The van der Waals surface area contributed by atoms with Crippen molar-refractivity contribution in [1.82, 2.24) is 5.32 Å². The summed E-state index contributed by atoms with van der Waals surface area (Å²) in [5, 5.41) is 11.4. The van der Waals surface area contributed by atoms with Crippen LogP contribution in [0.25, 0.3) is 6.08 Å². The minimum atomic E-state index is -1.07. The van der Waals surface area contributed by atoms with Gasteiger partial charge in [0.1, 0.15) is 11.9 Å². The first-order valence-electron chi connectivity index (χ1n) is 6.46. The second-order valence-corrected chi connectivity index (χ2v) is 5.44. The van der Waals surface area contributed by atoms with Gasteiger partial charge >= 0.3 is 5.97 Å². The van der Waals surface area contributed by atoms with Crippen molar-refractivity contribution in [2.45, 2.75) is 26.3 Å². The summed E-state index contributed by atoms with van der Waals surface area (Å²) in [5.74, 6) is -1.99. The fourth-order valence-corrected chi connectivity index (χ4v) is 1.89. The van der Waals surface area contributed by atoms with Crippen LogP contribution in [0.2, 0.25) is 5.02 Å². The molecule has 0 heterocycles. The van der Waals surface area contributed by atoms with Crippen molar-refractivity contribution in [3.8, 4) is 0 Å². The van der Waals surface area contributed by atoms with E-state index in [4.69, 9.17) is 16.7 Å². The first-order valence-corrected chi connectivity index (χ1v) is 6.84. The maximum atomic E-state index is 13.0.